The number of rotatable bonds is 4. The predicted octanol–water partition coefficient (Wildman–Crippen LogP) is 2.56. The Morgan fingerprint density at radius 3 is 2.38 bits per heavy atom. The summed E-state index contributed by atoms with van der Waals surface area (Å²) in [6.45, 7) is 3.96. The Hall–Kier alpha value is -1.84. The average Bonchev–Trinajstić information content (AvgIpc) is 2.46. The monoisotopic (exact) mass is 289 g/mol. The summed E-state index contributed by atoms with van der Waals surface area (Å²) in [6, 6.07) is 9.87. The van der Waals surface area contributed by atoms with Crippen molar-refractivity contribution in [1.82, 2.24) is 4.90 Å². The lowest BCUT2D eigenvalue weighted by Gasteiger charge is -2.38. The van der Waals surface area contributed by atoms with Gasteiger partial charge in [-0.15, -0.1) is 0 Å². The average molecular weight is 289 g/mol. The second kappa shape index (κ2) is 7.25. The Bertz CT molecular complexity index is 476. The van der Waals surface area contributed by atoms with Crippen molar-refractivity contribution in [2.75, 3.05) is 6.61 Å². The van der Waals surface area contributed by atoms with Crippen molar-refractivity contribution in [3.8, 4) is 0 Å². The molecule has 1 aromatic rings. The van der Waals surface area contributed by atoms with E-state index in [0.717, 1.165) is 24.8 Å². The molecule has 0 radical (unpaired) electrons. The van der Waals surface area contributed by atoms with Crippen LogP contribution in [0.2, 0.25) is 0 Å². The zero-order chi connectivity index (χ0) is 15.2. The lowest BCUT2D eigenvalue weighted by Crippen LogP contribution is -2.49. The highest BCUT2D eigenvalue weighted by Gasteiger charge is 2.29. The van der Waals surface area contributed by atoms with Gasteiger partial charge in [-0.2, -0.15) is 0 Å². The maximum absolute atomic E-state index is 12.2. The fourth-order valence-corrected chi connectivity index (χ4v) is 2.94. The second-order valence-corrected chi connectivity index (χ2v) is 5.75. The fourth-order valence-electron chi connectivity index (χ4n) is 2.94. The first-order valence-electron chi connectivity index (χ1n) is 7.58. The minimum atomic E-state index is -0.355. The van der Waals surface area contributed by atoms with Crippen LogP contribution in [0.15, 0.2) is 30.3 Å². The Balaban J connectivity index is 1.82. The molecule has 114 valence electrons. The van der Waals surface area contributed by atoms with Crippen molar-refractivity contribution >= 4 is 11.9 Å². The second-order valence-electron chi connectivity index (χ2n) is 5.75. The molecule has 0 spiro atoms. The quantitative estimate of drug-likeness (QED) is 0.800. The number of carbonyl (C=O) groups excluding carboxylic acids is 2. The molecule has 1 saturated heterocycles. The van der Waals surface area contributed by atoms with Crippen LogP contribution in [0.3, 0.4) is 0 Å². The van der Waals surface area contributed by atoms with Crippen LogP contribution in [0.25, 0.3) is 0 Å². The fraction of sp³-hybridized carbons (Fsp3) is 0.529. The molecule has 1 fully saturated rings. The summed E-state index contributed by atoms with van der Waals surface area (Å²) in [5.74, 6) is -0.442. The SMILES string of the molecule is C[C@@H]1CCC[C@@H](C)N1C(=O)COC(=O)Cc1ccccc1. The minimum Gasteiger partial charge on any atom is -0.455 e. The number of amides is 1. The molecule has 4 nitrogen and oxygen atoms in total. The summed E-state index contributed by atoms with van der Waals surface area (Å²) >= 11 is 0. The van der Waals surface area contributed by atoms with Crippen LogP contribution in [0.5, 0.6) is 0 Å². The van der Waals surface area contributed by atoms with E-state index in [2.05, 4.69) is 13.8 Å². The molecule has 0 N–H and O–H groups in total. The topological polar surface area (TPSA) is 46.6 Å². The third-order valence-corrected chi connectivity index (χ3v) is 4.03. The van der Waals surface area contributed by atoms with Crippen molar-refractivity contribution in [2.24, 2.45) is 0 Å². The van der Waals surface area contributed by atoms with Crippen LogP contribution < -0.4 is 0 Å². The molecular weight excluding hydrogens is 266 g/mol. The van der Waals surface area contributed by atoms with Crippen LogP contribution in [-0.2, 0) is 20.7 Å². The number of hydrogen-bond acceptors (Lipinski definition) is 3. The first kappa shape index (κ1) is 15.5. The van der Waals surface area contributed by atoms with E-state index in [0.29, 0.717) is 0 Å². The van der Waals surface area contributed by atoms with Gasteiger partial charge in [0.25, 0.3) is 5.91 Å². The number of ether oxygens (including phenoxy) is 1. The molecule has 2 atom stereocenters. The Morgan fingerprint density at radius 2 is 1.76 bits per heavy atom. The molecule has 21 heavy (non-hydrogen) atoms. The van der Waals surface area contributed by atoms with Gasteiger partial charge in [-0.3, -0.25) is 9.59 Å². The summed E-state index contributed by atoms with van der Waals surface area (Å²) in [5, 5.41) is 0. The molecule has 2 rings (SSSR count). The number of nitrogens with zero attached hydrogens (tertiary/aromatic N) is 1. The van der Waals surface area contributed by atoms with Gasteiger partial charge in [0.2, 0.25) is 0 Å². The maximum atomic E-state index is 12.2. The summed E-state index contributed by atoms with van der Waals surface area (Å²) in [6.07, 6.45) is 3.40. The van der Waals surface area contributed by atoms with Gasteiger partial charge >= 0.3 is 5.97 Å². The molecule has 0 aliphatic carbocycles. The zero-order valence-corrected chi connectivity index (χ0v) is 12.7. The van der Waals surface area contributed by atoms with Gasteiger partial charge in [0, 0.05) is 12.1 Å². The van der Waals surface area contributed by atoms with Gasteiger partial charge in [0.15, 0.2) is 6.61 Å². The van der Waals surface area contributed by atoms with Crippen LogP contribution in [0, 0.1) is 0 Å². The van der Waals surface area contributed by atoms with Crippen molar-refractivity contribution < 1.29 is 14.3 Å². The van der Waals surface area contributed by atoms with Crippen LogP contribution >= 0.6 is 0 Å². The van der Waals surface area contributed by atoms with Gasteiger partial charge in [0.05, 0.1) is 6.42 Å². The van der Waals surface area contributed by atoms with E-state index in [4.69, 9.17) is 4.74 Å². The van der Waals surface area contributed by atoms with Crippen molar-refractivity contribution in [1.29, 1.82) is 0 Å². The van der Waals surface area contributed by atoms with Crippen molar-refractivity contribution in [3.05, 3.63) is 35.9 Å². The molecule has 0 bridgehead atoms. The summed E-state index contributed by atoms with van der Waals surface area (Å²) < 4.78 is 5.13. The predicted molar refractivity (Wildman–Crippen MR) is 80.7 cm³/mol. The van der Waals surface area contributed by atoms with Crippen LogP contribution in [0.4, 0.5) is 0 Å². The minimum absolute atomic E-state index is 0.0869. The molecule has 1 aliphatic heterocycles. The molecule has 1 heterocycles. The van der Waals surface area contributed by atoms with E-state index < -0.39 is 0 Å². The van der Waals surface area contributed by atoms with Crippen LogP contribution in [0.1, 0.15) is 38.7 Å². The highest BCUT2D eigenvalue weighted by atomic mass is 16.5. The number of esters is 1. The van der Waals surface area contributed by atoms with Gasteiger partial charge in [-0.25, -0.2) is 0 Å². The van der Waals surface area contributed by atoms with Crippen LogP contribution in [-0.4, -0.2) is 35.5 Å². The van der Waals surface area contributed by atoms with Gasteiger partial charge in [-0.1, -0.05) is 30.3 Å². The lowest BCUT2D eigenvalue weighted by atomic mass is 9.97. The number of piperidine rings is 1. The molecule has 1 aromatic carbocycles. The molecule has 1 aliphatic rings. The third kappa shape index (κ3) is 4.31. The number of hydrogen-bond donors (Lipinski definition) is 0. The van der Waals surface area contributed by atoms with E-state index >= 15 is 0 Å². The molecule has 0 aromatic heterocycles. The largest absolute Gasteiger partial charge is 0.455 e. The highest BCUT2D eigenvalue weighted by Crippen LogP contribution is 2.22. The third-order valence-electron chi connectivity index (χ3n) is 4.03. The number of benzene rings is 1. The number of carbonyl (C=O) groups is 2. The Morgan fingerprint density at radius 1 is 1.14 bits per heavy atom. The van der Waals surface area contributed by atoms with Crippen molar-refractivity contribution in [2.45, 2.75) is 51.6 Å². The Kier molecular flexibility index (Phi) is 5.37. The summed E-state index contributed by atoms with van der Waals surface area (Å²) in [7, 11) is 0. The molecular formula is C17H23NO3. The lowest BCUT2D eigenvalue weighted by molar-refractivity contribution is -0.154. The van der Waals surface area contributed by atoms with E-state index in [-0.39, 0.29) is 37.0 Å². The van der Waals surface area contributed by atoms with Gasteiger partial charge in [0.1, 0.15) is 0 Å². The normalized spacial score (nSPS) is 21.9. The van der Waals surface area contributed by atoms with E-state index in [1.165, 1.54) is 0 Å². The van der Waals surface area contributed by atoms with Gasteiger partial charge < -0.3 is 9.64 Å². The standard InChI is InChI=1S/C17H23NO3/c1-13-7-6-8-14(2)18(13)16(19)12-21-17(20)11-15-9-4-3-5-10-15/h3-5,9-10,13-14H,6-8,11-12H2,1-2H3/t13-,14-/m1/s1. The first-order valence-corrected chi connectivity index (χ1v) is 7.58. The molecule has 1 amide bonds. The molecule has 4 heteroatoms. The highest BCUT2D eigenvalue weighted by molar-refractivity contribution is 5.81. The zero-order valence-electron chi connectivity index (χ0n) is 12.7. The van der Waals surface area contributed by atoms with E-state index in [1.54, 1.807) is 0 Å². The van der Waals surface area contributed by atoms with Gasteiger partial charge in [-0.05, 0) is 38.7 Å². The summed E-state index contributed by atoms with van der Waals surface area (Å²) in [4.78, 5) is 25.9. The number of likely N-dealkylation sites (tertiary alicyclic amines) is 1. The summed E-state index contributed by atoms with van der Waals surface area (Å²) in [5.41, 5.74) is 0.898. The Labute approximate surface area is 126 Å². The first-order chi connectivity index (χ1) is 10.1. The van der Waals surface area contributed by atoms with E-state index in [1.807, 2.05) is 35.2 Å². The van der Waals surface area contributed by atoms with E-state index in [9.17, 15) is 9.59 Å². The smallest absolute Gasteiger partial charge is 0.310 e. The maximum Gasteiger partial charge on any atom is 0.310 e. The van der Waals surface area contributed by atoms with Crippen molar-refractivity contribution in [3.63, 3.8) is 0 Å². The molecule has 0 saturated carbocycles. The molecule has 0 unspecified atom stereocenters.